The van der Waals surface area contributed by atoms with Crippen LogP contribution in [0.3, 0.4) is 0 Å². The van der Waals surface area contributed by atoms with Crippen LogP contribution in [0.5, 0.6) is 0 Å². The molecule has 20 heteroatoms. The Morgan fingerprint density at radius 1 is 0.707 bits per heavy atom. The SMILES string of the molecule is CCn1c(Cc2ccc(I)cc2F)c(C(=O)NOCCO)c(=O)n(C)c1=O.CCn1c(Cc2ccc(I)cc2F)c(C(=O)NOCCOC(C)(C)C)c(=O)n(C)c1=O. The average Bonchev–Trinajstić information content (AvgIpc) is 3.15. The van der Waals surface area contributed by atoms with Crippen molar-refractivity contribution >= 4 is 57.0 Å². The Balaban J connectivity index is 0.000000313. The number of nitrogens with zero attached hydrogens (tertiary/aromatic N) is 4. The maximum Gasteiger partial charge on any atom is 0.330 e. The third-order valence-electron chi connectivity index (χ3n) is 8.38. The zero-order chi connectivity index (χ0) is 43.5. The van der Waals surface area contributed by atoms with Crippen molar-refractivity contribution in [3.63, 3.8) is 0 Å². The number of amides is 2. The van der Waals surface area contributed by atoms with Gasteiger partial charge in [-0.25, -0.2) is 29.3 Å². The summed E-state index contributed by atoms with van der Waals surface area (Å²) in [5, 5.41) is 8.74. The van der Waals surface area contributed by atoms with E-state index < -0.39 is 45.9 Å². The van der Waals surface area contributed by atoms with Gasteiger partial charge in [-0.1, -0.05) is 12.1 Å². The summed E-state index contributed by atoms with van der Waals surface area (Å²) in [6.07, 6.45) is -0.220. The lowest BCUT2D eigenvalue weighted by molar-refractivity contribution is -0.0512. The molecule has 2 aromatic carbocycles. The topological polar surface area (TPSA) is 194 Å². The average molecular weight is 1040 g/mol. The van der Waals surface area contributed by atoms with Crippen molar-refractivity contribution < 1.29 is 37.9 Å². The predicted octanol–water partition coefficient (Wildman–Crippen LogP) is 2.93. The zero-order valence-electron chi connectivity index (χ0n) is 33.0. The number of hydroxylamine groups is 2. The van der Waals surface area contributed by atoms with E-state index in [9.17, 15) is 37.5 Å². The molecule has 0 saturated heterocycles. The number of halogens is 4. The van der Waals surface area contributed by atoms with Crippen molar-refractivity contribution in [3.05, 3.63) is 130 Å². The highest BCUT2D eigenvalue weighted by atomic mass is 127. The van der Waals surface area contributed by atoms with Crippen molar-refractivity contribution in [1.29, 1.82) is 0 Å². The van der Waals surface area contributed by atoms with E-state index in [2.05, 4.69) is 11.0 Å². The number of ether oxygens (including phenoxy) is 1. The lowest BCUT2D eigenvalue weighted by Gasteiger charge is -2.19. The molecule has 0 atom stereocenters. The van der Waals surface area contributed by atoms with Gasteiger partial charge >= 0.3 is 11.4 Å². The molecule has 0 aliphatic carbocycles. The first-order chi connectivity index (χ1) is 27.3. The second kappa shape index (κ2) is 21.8. The van der Waals surface area contributed by atoms with Crippen LogP contribution in [0.4, 0.5) is 8.78 Å². The minimum Gasteiger partial charge on any atom is -0.394 e. The number of hydrogen-bond donors (Lipinski definition) is 3. The summed E-state index contributed by atoms with van der Waals surface area (Å²) in [4.78, 5) is 85.6. The molecule has 2 amide bonds. The highest BCUT2D eigenvalue weighted by Gasteiger charge is 2.26. The Hall–Kier alpha value is -4.10. The number of hydrogen-bond acceptors (Lipinski definition) is 10. The number of benzene rings is 2. The first-order valence-corrected chi connectivity index (χ1v) is 20.1. The summed E-state index contributed by atoms with van der Waals surface area (Å²) in [6.45, 7) is 9.26. The molecule has 0 spiro atoms. The van der Waals surface area contributed by atoms with Crippen molar-refractivity contribution in [3.8, 4) is 0 Å². The number of carbonyl (C=O) groups is 2. The van der Waals surface area contributed by atoms with Crippen LogP contribution >= 0.6 is 45.2 Å². The third-order valence-corrected chi connectivity index (χ3v) is 9.72. The van der Waals surface area contributed by atoms with Crippen LogP contribution in [0.1, 0.15) is 77.8 Å². The smallest absolute Gasteiger partial charge is 0.330 e. The lowest BCUT2D eigenvalue weighted by atomic mass is 10.0. The molecule has 316 valence electrons. The molecular weight excluding hydrogens is 992 g/mol. The summed E-state index contributed by atoms with van der Waals surface area (Å²) in [5.41, 5.74) is 1.33. The Morgan fingerprint density at radius 2 is 1.10 bits per heavy atom. The first kappa shape index (κ1) is 48.3. The molecule has 0 bridgehead atoms. The largest absolute Gasteiger partial charge is 0.394 e. The van der Waals surface area contributed by atoms with Crippen LogP contribution in [0.25, 0.3) is 0 Å². The summed E-state index contributed by atoms with van der Waals surface area (Å²) >= 11 is 3.96. The summed E-state index contributed by atoms with van der Waals surface area (Å²) in [7, 11) is 2.55. The molecular formula is C38H46F2I2N6O10. The van der Waals surface area contributed by atoms with Crippen LogP contribution < -0.4 is 33.5 Å². The van der Waals surface area contributed by atoms with E-state index in [1.165, 1.54) is 35.4 Å². The third kappa shape index (κ3) is 12.5. The van der Waals surface area contributed by atoms with E-state index in [4.69, 9.17) is 19.5 Å². The van der Waals surface area contributed by atoms with Crippen molar-refractivity contribution in [1.82, 2.24) is 29.2 Å². The summed E-state index contributed by atoms with van der Waals surface area (Å²) < 4.78 is 39.9. The second-order valence-electron chi connectivity index (χ2n) is 13.5. The molecule has 0 aliphatic heterocycles. The Bertz CT molecular complexity index is 2370. The van der Waals surface area contributed by atoms with Gasteiger partial charge in [-0.05, 0) is 115 Å². The van der Waals surface area contributed by atoms with Gasteiger partial charge < -0.3 is 9.84 Å². The Labute approximate surface area is 359 Å². The maximum atomic E-state index is 14.5. The summed E-state index contributed by atoms with van der Waals surface area (Å²) in [5.74, 6) is -2.66. The van der Waals surface area contributed by atoms with Gasteiger partial charge in [0.25, 0.3) is 22.9 Å². The van der Waals surface area contributed by atoms with Gasteiger partial charge in [0.05, 0.1) is 32.0 Å². The van der Waals surface area contributed by atoms with E-state index in [-0.39, 0.29) is 91.6 Å². The summed E-state index contributed by atoms with van der Waals surface area (Å²) in [6, 6.07) is 9.20. The van der Waals surface area contributed by atoms with Crippen LogP contribution in [0, 0.1) is 18.8 Å². The molecule has 3 N–H and O–H groups in total. The predicted molar refractivity (Wildman–Crippen MR) is 227 cm³/mol. The highest BCUT2D eigenvalue weighted by molar-refractivity contribution is 14.1. The molecule has 2 heterocycles. The van der Waals surface area contributed by atoms with Crippen molar-refractivity contribution in [2.45, 2.75) is 66.2 Å². The number of aromatic nitrogens is 4. The molecule has 0 fully saturated rings. The fraction of sp³-hybridized carbons (Fsp3) is 0.421. The standard InChI is InChI=1S/C21H27FIN3O5.C17H19FIN3O5/c1-6-26-16(11-13-7-8-14(23)12-15(13)22)17(19(28)25(5)20(26)29)18(27)24-31-10-9-30-21(2,3)4;1-3-22-13(8-10-4-5-11(19)9-12(10)18)14(15(24)20-27-7-6-23)16(25)21(2)17(22)26/h7-8,12H,6,9-11H2,1-5H3,(H,24,27);4-5,9,23H,3,6-8H2,1-2H3,(H,20,24). The number of carbonyl (C=O) groups excluding carboxylic acids is 2. The molecule has 0 unspecified atom stereocenters. The van der Waals surface area contributed by atoms with Gasteiger partial charge in [0.1, 0.15) is 22.8 Å². The lowest BCUT2D eigenvalue weighted by Crippen LogP contribution is -2.45. The van der Waals surface area contributed by atoms with Gasteiger partial charge in [0, 0.05) is 58.6 Å². The van der Waals surface area contributed by atoms with E-state index in [0.29, 0.717) is 7.14 Å². The highest BCUT2D eigenvalue weighted by Crippen LogP contribution is 2.19. The van der Waals surface area contributed by atoms with E-state index in [0.717, 1.165) is 9.13 Å². The molecule has 58 heavy (non-hydrogen) atoms. The fourth-order valence-corrected chi connectivity index (χ4v) is 6.46. The molecule has 0 saturated carbocycles. The minimum atomic E-state index is -0.868. The normalized spacial score (nSPS) is 11.2. The quantitative estimate of drug-likeness (QED) is 0.0907. The molecule has 2 aromatic heterocycles. The Morgan fingerprint density at radius 3 is 1.45 bits per heavy atom. The number of rotatable bonds is 15. The first-order valence-electron chi connectivity index (χ1n) is 17.9. The molecule has 4 rings (SSSR count). The molecule has 16 nitrogen and oxygen atoms in total. The van der Waals surface area contributed by atoms with Gasteiger partial charge in [0.2, 0.25) is 0 Å². The molecule has 0 radical (unpaired) electrons. The van der Waals surface area contributed by atoms with Crippen LogP contribution in [0.2, 0.25) is 0 Å². The van der Waals surface area contributed by atoms with E-state index >= 15 is 0 Å². The van der Waals surface area contributed by atoms with E-state index in [1.54, 1.807) is 38.1 Å². The van der Waals surface area contributed by atoms with Crippen LogP contribution in [-0.4, -0.2) is 67.2 Å². The van der Waals surface area contributed by atoms with Crippen molar-refractivity contribution in [2.75, 3.05) is 26.4 Å². The van der Waals surface area contributed by atoms with Gasteiger partial charge in [-0.2, -0.15) is 0 Å². The number of nitrogens with one attached hydrogen (secondary N) is 2. The van der Waals surface area contributed by atoms with Gasteiger partial charge in [-0.15, -0.1) is 0 Å². The molecule has 4 aromatic rings. The Kier molecular flexibility index (Phi) is 18.1. The number of aliphatic hydroxyl groups excluding tert-OH is 1. The van der Waals surface area contributed by atoms with Crippen LogP contribution in [0.15, 0.2) is 55.6 Å². The van der Waals surface area contributed by atoms with Crippen LogP contribution in [-0.2, 0) is 54.4 Å². The van der Waals surface area contributed by atoms with Gasteiger partial charge in [0.15, 0.2) is 0 Å². The number of aliphatic hydroxyl groups is 1. The maximum absolute atomic E-state index is 14.5. The van der Waals surface area contributed by atoms with E-state index in [1.807, 2.05) is 66.0 Å². The fourth-order valence-electron chi connectivity index (χ4n) is 5.56. The molecule has 0 aliphatic rings. The zero-order valence-corrected chi connectivity index (χ0v) is 37.4. The monoisotopic (exact) mass is 1040 g/mol. The minimum absolute atomic E-state index is 0.0673. The van der Waals surface area contributed by atoms with Crippen molar-refractivity contribution in [2.24, 2.45) is 14.1 Å². The second-order valence-corrected chi connectivity index (χ2v) is 16.0. The van der Waals surface area contributed by atoms with Gasteiger partial charge in [-0.3, -0.25) is 47.1 Å².